The highest BCUT2D eigenvalue weighted by Gasteiger charge is 2.05. The van der Waals surface area contributed by atoms with Gasteiger partial charge in [0.25, 0.3) is 0 Å². The zero-order chi connectivity index (χ0) is 10.7. The largest absolute Gasteiger partial charge is 0.298 e. The van der Waals surface area contributed by atoms with Crippen molar-refractivity contribution in [3.63, 3.8) is 0 Å². The van der Waals surface area contributed by atoms with Gasteiger partial charge >= 0.3 is 0 Å². The number of hydrogen-bond acceptors (Lipinski definition) is 3. The summed E-state index contributed by atoms with van der Waals surface area (Å²) in [5.74, 6) is 0. The van der Waals surface area contributed by atoms with Crippen LogP contribution in [0.5, 0.6) is 0 Å². The number of aldehydes is 2. The number of benzene rings is 1. The van der Waals surface area contributed by atoms with Crippen molar-refractivity contribution < 1.29 is 9.59 Å². The Hall–Kier alpha value is -1.74. The zero-order valence-electron chi connectivity index (χ0n) is 7.84. The second kappa shape index (κ2) is 4.19. The van der Waals surface area contributed by atoms with Crippen LogP contribution in [0, 0.1) is 0 Å². The summed E-state index contributed by atoms with van der Waals surface area (Å²) in [6, 6.07) is 9.09. The minimum atomic E-state index is 0.640. The molecule has 0 saturated heterocycles. The first-order valence-corrected chi connectivity index (χ1v) is 5.31. The molecule has 0 spiro atoms. The highest BCUT2D eigenvalue weighted by molar-refractivity contribution is 7.12. The Morgan fingerprint density at radius 3 is 2.27 bits per heavy atom. The Labute approximate surface area is 91.2 Å². The third kappa shape index (κ3) is 1.87. The summed E-state index contributed by atoms with van der Waals surface area (Å²) in [7, 11) is 0. The van der Waals surface area contributed by atoms with Gasteiger partial charge in [0.05, 0.1) is 4.88 Å². The maximum atomic E-state index is 10.7. The SMILES string of the molecule is O=Cc1ccc(-c2ccsc2C=O)cc1. The van der Waals surface area contributed by atoms with E-state index in [1.165, 1.54) is 11.3 Å². The fraction of sp³-hybridized carbons (Fsp3) is 0. The summed E-state index contributed by atoms with van der Waals surface area (Å²) < 4.78 is 0. The van der Waals surface area contributed by atoms with E-state index in [2.05, 4.69) is 0 Å². The maximum absolute atomic E-state index is 10.7. The van der Waals surface area contributed by atoms with Gasteiger partial charge in [-0.05, 0) is 17.0 Å². The van der Waals surface area contributed by atoms with Crippen LogP contribution in [0.1, 0.15) is 20.0 Å². The van der Waals surface area contributed by atoms with Crippen LogP contribution in [0.15, 0.2) is 35.7 Å². The van der Waals surface area contributed by atoms with Gasteiger partial charge in [-0.3, -0.25) is 9.59 Å². The summed E-state index contributed by atoms with van der Waals surface area (Å²) >= 11 is 1.42. The van der Waals surface area contributed by atoms with Crippen LogP contribution in [-0.2, 0) is 0 Å². The van der Waals surface area contributed by atoms with E-state index in [1.54, 1.807) is 12.1 Å². The van der Waals surface area contributed by atoms with Crippen molar-refractivity contribution >= 4 is 23.9 Å². The lowest BCUT2D eigenvalue weighted by atomic mass is 10.1. The quantitative estimate of drug-likeness (QED) is 0.739. The molecule has 0 aliphatic rings. The highest BCUT2D eigenvalue weighted by atomic mass is 32.1. The monoisotopic (exact) mass is 216 g/mol. The van der Waals surface area contributed by atoms with Gasteiger partial charge in [-0.2, -0.15) is 0 Å². The normalized spacial score (nSPS) is 9.87. The molecule has 0 aliphatic carbocycles. The molecule has 0 aliphatic heterocycles. The lowest BCUT2D eigenvalue weighted by Crippen LogP contribution is -1.82. The molecule has 1 aromatic heterocycles. The van der Waals surface area contributed by atoms with E-state index < -0.39 is 0 Å². The minimum absolute atomic E-state index is 0.640. The molecule has 0 bridgehead atoms. The smallest absolute Gasteiger partial charge is 0.160 e. The van der Waals surface area contributed by atoms with Crippen LogP contribution in [0.3, 0.4) is 0 Å². The average Bonchev–Trinajstić information content (AvgIpc) is 2.77. The molecule has 0 amide bonds. The molecule has 0 N–H and O–H groups in total. The van der Waals surface area contributed by atoms with Gasteiger partial charge in [-0.25, -0.2) is 0 Å². The molecule has 0 atom stereocenters. The van der Waals surface area contributed by atoms with Crippen LogP contribution < -0.4 is 0 Å². The van der Waals surface area contributed by atoms with E-state index in [-0.39, 0.29) is 0 Å². The molecule has 0 saturated carbocycles. The Kier molecular flexibility index (Phi) is 2.74. The van der Waals surface area contributed by atoms with Crippen molar-refractivity contribution in [3.05, 3.63) is 46.2 Å². The minimum Gasteiger partial charge on any atom is -0.298 e. The third-order valence-electron chi connectivity index (χ3n) is 2.16. The molecule has 2 aromatic rings. The first-order chi connectivity index (χ1) is 7.35. The summed E-state index contributed by atoms with van der Waals surface area (Å²) in [4.78, 5) is 21.9. The Bertz CT molecular complexity index is 483. The van der Waals surface area contributed by atoms with E-state index in [9.17, 15) is 9.59 Å². The summed E-state index contributed by atoms with van der Waals surface area (Å²) in [5, 5.41) is 1.88. The van der Waals surface area contributed by atoms with Gasteiger partial charge in [0.2, 0.25) is 0 Å². The van der Waals surface area contributed by atoms with Crippen molar-refractivity contribution in [1.82, 2.24) is 0 Å². The Morgan fingerprint density at radius 2 is 1.67 bits per heavy atom. The zero-order valence-corrected chi connectivity index (χ0v) is 8.66. The summed E-state index contributed by atoms with van der Waals surface area (Å²) in [6.45, 7) is 0. The molecular weight excluding hydrogens is 208 g/mol. The van der Waals surface area contributed by atoms with Gasteiger partial charge in [-0.1, -0.05) is 24.3 Å². The van der Waals surface area contributed by atoms with Crippen molar-refractivity contribution in [2.75, 3.05) is 0 Å². The van der Waals surface area contributed by atoms with Crippen LogP contribution in [0.2, 0.25) is 0 Å². The summed E-state index contributed by atoms with van der Waals surface area (Å²) in [6.07, 6.45) is 1.66. The molecule has 0 fully saturated rings. The molecule has 74 valence electrons. The standard InChI is InChI=1S/C12H8O2S/c13-7-9-1-3-10(4-2-9)11-5-6-15-12(11)8-14/h1-8H. The molecule has 2 rings (SSSR count). The molecule has 1 aromatic carbocycles. The first-order valence-electron chi connectivity index (χ1n) is 4.43. The molecule has 1 heterocycles. The number of thiophene rings is 1. The predicted octanol–water partition coefficient (Wildman–Crippen LogP) is 3.04. The molecule has 15 heavy (non-hydrogen) atoms. The molecule has 0 unspecified atom stereocenters. The fourth-order valence-electron chi connectivity index (χ4n) is 1.39. The average molecular weight is 216 g/mol. The van der Waals surface area contributed by atoms with E-state index in [0.29, 0.717) is 10.4 Å². The second-order valence-electron chi connectivity index (χ2n) is 3.06. The van der Waals surface area contributed by atoms with Crippen LogP contribution >= 0.6 is 11.3 Å². The van der Waals surface area contributed by atoms with Crippen molar-refractivity contribution in [3.8, 4) is 11.1 Å². The van der Waals surface area contributed by atoms with E-state index in [4.69, 9.17) is 0 Å². The van der Waals surface area contributed by atoms with Crippen molar-refractivity contribution in [2.45, 2.75) is 0 Å². The topological polar surface area (TPSA) is 34.1 Å². The van der Waals surface area contributed by atoms with Crippen molar-refractivity contribution in [1.29, 1.82) is 0 Å². The first kappa shape index (κ1) is 9.80. The third-order valence-corrected chi connectivity index (χ3v) is 3.00. The summed E-state index contributed by atoms with van der Waals surface area (Å²) in [5.41, 5.74) is 2.53. The Morgan fingerprint density at radius 1 is 0.933 bits per heavy atom. The van der Waals surface area contributed by atoms with E-state index in [0.717, 1.165) is 23.7 Å². The lowest BCUT2D eigenvalue weighted by molar-refractivity contribution is 0.111. The van der Waals surface area contributed by atoms with Gasteiger partial charge in [0.1, 0.15) is 6.29 Å². The number of carbonyl (C=O) groups excluding carboxylic acids is 2. The molecule has 2 nitrogen and oxygen atoms in total. The van der Waals surface area contributed by atoms with Gasteiger partial charge in [-0.15, -0.1) is 11.3 Å². The highest BCUT2D eigenvalue weighted by Crippen LogP contribution is 2.26. The fourth-order valence-corrected chi connectivity index (χ4v) is 2.11. The van der Waals surface area contributed by atoms with Crippen LogP contribution in [-0.4, -0.2) is 12.6 Å². The van der Waals surface area contributed by atoms with Crippen LogP contribution in [0.4, 0.5) is 0 Å². The number of rotatable bonds is 3. The van der Waals surface area contributed by atoms with Crippen molar-refractivity contribution in [2.24, 2.45) is 0 Å². The molecule has 3 heteroatoms. The van der Waals surface area contributed by atoms with Gasteiger partial charge < -0.3 is 0 Å². The predicted molar refractivity (Wildman–Crippen MR) is 60.5 cm³/mol. The van der Waals surface area contributed by atoms with E-state index in [1.807, 2.05) is 23.6 Å². The molecule has 0 radical (unpaired) electrons. The molecular formula is C12H8O2S. The maximum Gasteiger partial charge on any atom is 0.160 e. The number of hydrogen-bond donors (Lipinski definition) is 0. The Balaban J connectivity index is 2.45. The van der Waals surface area contributed by atoms with Gasteiger partial charge in [0, 0.05) is 11.1 Å². The second-order valence-corrected chi connectivity index (χ2v) is 4.00. The van der Waals surface area contributed by atoms with Gasteiger partial charge in [0.15, 0.2) is 6.29 Å². The lowest BCUT2D eigenvalue weighted by Gasteiger charge is -1.99. The van der Waals surface area contributed by atoms with E-state index >= 15 is 0 Å². The van der Waals surface area contributed by atoms with Crippen LogP contribution in [0.25, 0.3) is 11.1 Å². The number of carbonyl (C=O) groups is 2.